The number of oxime groups is 1. The van der Waals surface area contributed by atoms with Crippen molar-refractivity contribution in [2.24, 2.45) is 33.7 Å². The van der Waals surface area contributed by atoms with Gasteiger partial charge in [0, 0.05) is 6.54 Å². The molecule has 29 heavy (non-hydrogen) atoms. The van der Waals surface area contributed by atoms with Gasteiger partial charge in [-0.2, -0.15) is 0 Å². The minimum atomic E-state index is -0.0710. The third-order valence-corrected chi connectivity index (χ3v) is 9.03. The predicted molar refractivity (Wildman–Crippen MR) is 119 cm³/mol. The molecule has 3 saturated carbocycles. The second kappa shape index (κ2) is 8.19. The molecule has 4 aliphatic rings. The normalized spacial score (nSPS) is 43.2. The fourth-order valence-electron chi connectivity index (χ4n) is 7.16. The zero-order chi connectivity index (χ0) is 20.6. The molecular formula is C25H40N2O2. The Morgan fingerprint density at radius 1 is 1.14 bits per heavy atom. The number of hydrogen-bond acceptors (Lipinski definition) is 4. The molecule has 162 valence electrons. The van der Waals surface area contributed by atoms with E-state index >= 15 is 0 Å². The van der Waals surface area contributed by atoms with Gasteiger partial charge in [-0.3, -0.25) is 0 Å². The number of aliphatic hydroxyl groups excluding tert-OH is 1. The molecule has 0 bridgehead atoms. The standard InChI is InChI=1S/C25H40N2O2/c1-24-12-9-18(11-14-26-29-16-15-27(3)4)17-19(24)5-6-20-21-7-8-23(28)25(21,2)13-10-22(20)24/h11,14,17,20-23,28H,5-10,12-13,15-16H2,1-4H3/b18-11+,26-14?/t20?,21?,22?,23-,24-,25-/m0/s1. The van der Waals surface area contributed by atoms with E-state index in [0.717, 1.165) is 37.1 Å². The van der Waals surface area contributed by atoms with E-state index in [1.807, 2.05) is 20.3 Å². The van der Waals surface area contributed by atoms with Crippen LogP contribution >= 0.6 is 0 Å². The van der Waals surface area contributed by atoms with Crippen molar-refractivity contribution in [2.45, 2.75) is 71.3 Å². The highest BCUT2D eigenvalue weighted by molar-refractivity contribution is 5.72. The van der Waals surface area contributed by atoms with Gasteiger partial charge in [-0.25, -0.2) is 0 Å². The van der Waals surface area contributed by atoms with Crippen molar-refractivity contribution in [2.75, 3.05) is 27.2 Å². The average Bonchev–Trinajstić information content (AvgIpc) is 2.99. The molecule has 0 aliphatic heterocycles. The van der Waals surface area contributed by atoms with Crippen molar-refractivity contribution in [1.29, 1.82) is 0 Å². The van der Waals surface area contributed by atoms with Crippen LogP contribution < -0.4 is 0 Å². The molecule has 3 fully saturated rings. The first kappa shape index (κ1) is 21.1. The quantitative estimate of drug-likeness (QED) is 0.410. The van der Waals surface area contributed by atoms with Gasteiger partial charge in [0.1, 0.15) is 6.61 Å². The molecule has 0 aromatic carbocycles. The lowest BCUT2D eigenvalue weighted by molar-refractivity contribution is -0.0727. The molecule has 0 heterocycles. The summed E-state index contributed by atoms with van der Waals surface area (Å²) in [6, 6.07) is 0. The Kier molecular flexibility index (Phi) is 5.96. The Morgan fingerprint density at radius 3 is 2.76 bits per heavy atom. The van der Waals surface area contributed by atoms with Gasteiger partial charge in [0.2, 0.25) is 0 Å². The van der Waals surface area contributed by atoms with Crippen LogP contribution in [0.5, 0.6) is 0 Å². The first-order valence-electron chi connectivity index (χ1n) is 11.7. The van der Waals surface area contributed by atoms with Gasteiger partial charge < -0.3 is 14.8 Å². The molecule has 0 spiro atoms. The fourth-order valence-corrected chi connectivity index (χ4v) is 7.16. The Labute approximate surface area is 177 Å². The van der Waals surface area contributed by atoms with E-state index in [9.17, 15) is 5.11 Å². The van der Waals surface area contributed by atoms with Crippen LogP contribution in [0, 0.1) is 28.6 Å². The topological polar surface area (TPSA) is 45.1 Å². The van der Waals surface area contributed by atoms with Crippen molar-refractivity contribution in [1.82, 2.24) is 4.90 Å². The van der Waals surface area contributed by atoms with Gasteiger partial charge in [0.25, 0.3) is 0 Å². The lowest BCUT2D eigenvalue weighted by Crippen LogP contribution is -2.50. The van der Waals surface area contributed by atoms with Crippen LogP contribution in [0.15, 0.2) is 28.5 Å². The van der Waals surface area contributed by atoms with E-state index in [0.29, 0.717) is 12.0 Å². The molecule has 0 amide bonds. The minimum Gasteiger partial charge on any atom is -0.394 e. The maximum atomic E-state index is 10.6. The summed E-state index contributed by atoms with van der Waals surface area (Å²) in [5.41, 5.74) is 3.60. The van der Waals surface area contributed by atoms with Crippen LogP contribution in [0.25, 0.3) is 0 Å². The number of aliphatic hydroxyl groups is 1. The van der Waals surface area contributed by atoms with E-state index < -0.39 is 0 Å². The van der Waals surface area contributed by atoms with Gasteiger partial charge in [0.05, 0.1) is 12.3 Å². The number of likely N-dealkylation sites (N-methyl/N-ethyl adjacent to an activating group) is 1. The monoisotopic (exact) mass is 400 g/mol. The highest BCUT2D eigenvalue weighted by Crippen LogP contribution is 2.65. The summed E-state index contributed by atoms with van der Waals surface area (Å²) in [6.07, 6.45) is 16.1. The van der Waals surface area contributed by atoms with Gasteiger partial charge >= 0.3 is 0 Å². The van der Waals surface area contributed by atoms with Crippen LogP contribution in [0.3, 0.4) is 0 Å². The number of allylic oxidation sites excluding steroid dienone is 4. The number of nitrogens with zero attached hydrogens (tertiary/aromatic N) is 2. The smallest absolute Gasteiger partial charge is 0.129 e. The minimum absolute atomic E-state index is 0.0710. The van der Waals surface area contributed by atoms with E-state index in [1.54, 1.807) is 5.57 Å². The fraction of sp³-hybridized carbons (Fsp3) is 0.800. The van der Waals surface area contributed by atoms with Crippen LogP contribution in [0.4, 0.5) is 0 Å². The number of fused-ring (bicyclic) bond motifs is 5. The molecule has 3 unspecified atom stereocenters. The van der Waals surface area contributed by atoms with Crippen LogP contribution in [0.2, 0.25) is 0 Å². The third-order valence-electron chi connectivity index (χ3n) is 9.03. The predicted octanol–water partition coefficient (Wildman–Crippen LogP) is 4.80. The molecular weight excluding hydrogens is 360 g/mol. The van der Waals surface area contributed by atoms with Gasteiger partial charge in [-0.05, 0) is 106 Å². The summed E-state index contributed by atoms with van der Waals surface area (Å²) in [5.74, 6) is 2.35. The molecule has 0 saturated heterocycles. The largest absolute Gasteiger partial charge is 0.394 e. The average molecular weight is 401 g/mol. The third kappa shape index (κ3) is 3.83. The second-order valence-electron chi connectivity index (χ2n) is 10.8. The summed E-state index contributed by atoms with van der Waals surface area (Å²) in [5, 5.41) is 14.7. The number of hydrogen-bond donors (Lipinski definition) is 1. The van der Waals surface area contributed by atoms with Gasteiger partial charge in [-0.1, -0.05) is 30.7 Å². The Bertz CT molecular complexity index is 697. The first-order chi connectivity index (χ1) is 13.8. The second-order valence-corrected chi connectivity index (χ2v) is 10.8. The molecule has 4 aliphatic carbocycles. The van der Waals surface area contributed by atoms with E-state index in [4.69, 9.17) is 4.84 Å². The van der Waals surface area contributed by atoms with Crippen molar-refractivity contribution < 1.29 is 9.94 Å². The molecule has 6 atom stereocenters. The van der Waals surface area contributed by atoms with Crippen molar-refractivity contribution in [3.63, 3.8) is 0 Å². The van der Waals surface area contributed by atoms with Gasteiger partial charge in [-0.15, -0.1) is 0 Å². The number of rotatable bonds is 5. The van der Waals surface area contributed by atoms with Crippen LogP contribution in [-0.2, 0) is 4.84 Å². The Balaban J connectivity index is 1.44. The van der Waals surface area contributed by atoms with E-state index in [1.165, 1.54) is 44.1 Å². The molecule has 0 aromatic heterocycles. The van der Waals surface area contributed by atoms with Crippen molar-refractivity contribution >= 4 is 6.21 Å². The van der Waals surface area contributed by atoms with Gasteiger partial charge in [0.15, 0.2) is 0 Å². The molecule has 0 aromatic rings. The Morgan fingerprint density at radius 2 is 1.97 bits per heavy atom. The van der Waals surface area contributed by atoms with Crippen LogP contribution in [0.1, 0.15) is 65.2 Å². The summed E-state index contributed by atoms with van der Waals surface area (Å²) >= 11 is 0. The summed E-state index contributed by atoms with van der Waals surface area (Å²) in [6.45, 7) is 6.43. The summed E-state index contributed by atoms with van der Waals surface area (Å²) in [7, 11) is 4.08. The SMILES string of the molecule is CN(C)CCON=C/C=C1/C=C2CCC3C(CC[C@@]4(C)C3CC[C@@H]4O)[C@@]2(C)CC1. The highest BCUT2D eigenvalue weighted by Gasteiger charge is 2.58. The molecule has 4 heteroatoms. The first-order valence-corrected chi connectivity index (χ1v) is 11.7. The molecule has 4 nitrogen and oxygen atoms in total. The zero-order valence-electron chi connectivity index (χ0n) is 18.9. The molecule has 4 rings (SSSR count). The maximum Gasteiger partial charge on any atom is 0.129 e. The van der Waals surface area contributed by atoms with Crippen molar-refractivity contribution in [3.8, 4) is 0 Å². The Hall–Kier alpha value is -1.13. The summed E-state index contributed by atoms with van der Waals surface area (Å²) in [4.78, 5) is 7.43. The van der Waals surface area contributed by atoms with E-state index in [-0.39, 0.29) is 11.5 Å². The van der Waals surface area contributed by atoms with Crippen molar-refractivity contribution in [3.05, 3.63) is 23.3 Å². The molecule has 1 N–H and O–H groups in total. The van der Waals surface area contributed by atoms with Crippen LogP contribution in [-0.4, -0.2) is 49.6 Å². The summed E-state index contributed by atoms with van der Waals surface area (Å²) < 4.78 is 0. The molecule has 0 radical (unpaired) electrons. The lowest BCUT2D eigenvalue weighted by atomic mass is 9.47. The van der Waals surface area contributed by atoms with E-state index in [2.05, 4.69) is 36.1 Å². The maximum absolute atomic E-state index is 10.6. The lowest BCUT2D eigenvalue weighted by Gasteiger charge is -2.58. The zero-order valence-corrected chi connectivity index (χ0v) is 18.9. The highest BCUT2D eigenvalue weighted by atomic mass is 16.6.